The molecule has 122 valence electrons. The van der Waals surface area contributed by atoms with Gasteiger partial charge in [-0.3, -0.25) is 4.79 Å². The summed E-state index contributed by atoms with van der Waals surface area (Å²) in [5.41, 5.74) is 2.60. The fourth-order valence-corrected chi connectivity index (χ4v) is 2.07. The molecule has 0 aromatic carbocycles. The van der Waals surface area contributed by atoms with Gasteiger partial charge in [-0.1, -0.05) is 37.1 Å². The predicted octanol–water partition coefficient (Wildman–Crippen LogP) is 5.35. The van der Waals surface area contributed by atoms with Crippen LogP contribution in [0.2, 0.25) is 0 Å². The van der Waals surface area contributed by atoms with E-state index in [1.165, 1.54) is 11.1 Å². The van der Waals surface area contributed by atoms with Crippen LogP contribution < -0.4 is 0 Å². The lowest BCUT2D eigenvalue weighted by Gasteiger charge is -2.37. The van der Waals surface area contributed by atoms with Crippen molar-refractivity contribution in [3.8, 4) is 0 Å². The minimum absolute atomic E-state index is 0.101. The first-order chi connectivity index (χ1) is 9.59. The van der Waals surface area contributed by atoms with Crippen molar-refractivity contribution in [2.24, 2.45) is 5.92 Å². The molecule has 0 aromatic rings. The maximum atomic E-state index is 12.5. The summed E-state index contributed by atoms with van der Waals surface area (Å²) in [6, 6.07) is 0. The van der Waals surface area contributed by atoms with Crippen LogP contribution >= 0.6 is 0 Å². The first kappa shape index (κ1) is 19.9. The fourth-order valence-electron chi connectivity index (χ4n) is 2.07. The Balaban J connectivity index is 4.77. The molecule has 0 aliphatic heterocycles. The molecular weight excluding hydrogens is 258 g/mol. The van der Waals surface area contributed by atoms with Gasteiger partial charge in [0.2, 0.25) is 5.91 Å². The summed E-state index contributed by atoms with van der Waals surface area (Å²) in [6.45, 7) is 17.6. The molecule has 0 radical (unpaired) electrons. The second-order valence-electron chi connectivity index (χ2n) is 7.30. The molecule has 21 heavy (non-hydrogen) atoms. The standard InChI is InChI=1S/C19H35NO/c1-9-17(5)18(21)20(19(6,7)8)14-13-16(4)12-10-11-15(2)3/h11,13,17H,9-10,12,14H2,1-8H3/b16-13+. The Hall–Kier alpha value is -1.05. The van der Waals surface area contributed by atoms with Gasteiger partial charge < -0.3 is 4.90 Å². The lowest BCUT2D eigenvalue weighted by Crippen LogP contribution is -2.47. The van der Waals surface area contributed by atoms with Crippen molar-refractivity contribution in [3.05, 3.63) is 23.3 Å². The van der Waals surface area contributed by atoms with Crippen LogP contribution in [0.5, 0.6) is 0 Å². The number of carbonyl (C=O) groups is 1. The molecule has 0 bridgehead atoms. The van der Waals surface area contributed by atoms with Gasteiger partial charge in [-0.15, -0.1) is 0 Å². The van der Waals surface area contributed by atoms with E-state index in [0.29, 0.717) is 6.54 Å². The van der Waals surface area contributed by atoms with Crippen LogP contribution in [0.15, 0.2) is 23.3 Å². The molecule has 1 unspecified atom stereocenters. The van der Waals surface area contributed by atoms with Crippen molar-refractivity contribution >= 4 is 5.91 Å². The van der Waals surface area contributed by atoms with Crippen molar-refractivity contribution in [2.75, 3.05) is 6.54 Å². The second kappa shape index (κ2) is 9.07. The highest BCUT2D eigenvalue weighted by atomic mass is 16.2. The van der Waals surface area contributed by atoms with Gasteiger partial charge in [0.25, 0.3) is 0 Å². The molecule has 1 amide bonds. The van der Waals surface area contributed by atoms with Crippen LogP contribution in [0, 0.1) is 5.92 Å². The Kier molecular flexibility index (Phi) is 8.61. The summed E-state index contributed by atoms with van der Waals surface area (Å²) in [7, 11) is 0. The lowest BCUT2D eigenvalue weighted by atomic mass is 10.00. The molecule has 2 nitrogen and oxygen atoms in total. The molecule has 0 saturated carbocycles. The van der Waals surface area contributed by atoms with E-state index < -0.39 is 0 Å². The lowest BCUT2D eigenvalue weighted by molar-refractivity contribution is -0.139. The van der Waals surface area contributed by atoms with Crippen molar-refractivity contribution in [1.29, 1.82) is 0 Å². The average Bonchev–Trinajstić information content (AvgIpc) is 2.35. The summed E-state index contributed by atoms with van der Waals surface area (Å²) in [5.74, 6) is 0.363. The van der Waals surface area contributed by atoms with Gasteiger partial charge in [-0.2, -0.15) is 0 Å². The SMILES string of the molecule is CCC(C)C(=O)N(C/C=C(\C)CCC=C(C)C)C(C)(C)C. The predicted molar refractivity (Wildman–Crippen MR) is 93.3 cm³/mol. The zero-order valence-corrected chi connectivity index (χ0v) is 15.4. The zero-order valence-electron chi connectivity index (χ0n) is 15.4. The van der Waals surface area contributed by atoms with E-state index in [1.807, 2.05) is 11.8 Å². The average molecular weight is 293 g/mol. The number of carbonyl (C=O) groups excluding carboxylic acids is 1. The Bertz CT molecular complexity index is 381. The summed E-state index contributed by atoms with van der Waals surface area (Å²) in [6.07, 6.45) is 7.53. The van der Waals surface area contributed by atoms with Gasteiger partial charge >= 0.3 is 0 Å². The molecule has 0 aromatic heterocycles. The summed E-state index contributed by atoms with van der Waals surface area (Å²) in [4.78, 5) is 14.5. The van der Waals surface area contributed by atoms with E-state index in [0.717, 1.165) is 19.3 Å². The molecule has 0 fully saturated rings. The number of rotatable bonds is 7. The first-order valence-electron chi connectivity index (χ1n) is 8.20. The van der Waals surface area contributed by atoms with E-state index in [2.05, 4.69) is 60.6 Å². The largest absolute Gasteiger partial charge is 0.334 e. The molecule has 0 saturated heterocycles. The van der Waals surface area contributed by atoms with Crippen LogP contribution in [0.25, 0.3) is 0 Å². The van der Waals surface area contributed by atoms with Crippen molar-refractivity contribution in [3.63, 3.8) is 0 Å². The molecular formula is C19H35NO. The van der Waals surface area contributed by atoms with Crippen molar-refractivity contribution in [1.82, 2.24) is 4.90 Å². The molecule has 0 aliphatic rings. The van der Waals surface area contributed by atoms with Gasteiger partial charge in [0.15, 0.2) is 0 Å². The van der Waals surface area contributed by atoms with Crippen LogP contribution in [-0.4, -0.2) is 22.9 Å². The van der Waals surface area contributed by atoms with Crippen LogP contribution in [-0.2, 0) is 4.79 Å². The van der Waals surface area contributed by atoms with Crippen molar-refractivity contribution < 1.29 is 4.79 Å². The first-order valence-corrected chi connectivity index (χ1v) is 8.20. The van der Waals surface area contributed by atoms with Crippen LogP contribution in [0.1, 0.15) is 74.7 Å². The Labute approximate surface area is 132 Å². The summed E-state index contributed by atoms with van der Waals surface area (Å²) >= 11 is 0. The van der Waals surface area contributed by atoms with Gasteiger partial charge in [0.1, 0.15) is 0 Å². The molecule has 0 heterocycles. The number of hydrogen-bond acceptors (Lipinski definition) is 1. The Morgan fingerprint density at radius 2 is 1.71 bits per heavy atom. The summed E-state index contributed by atoms with van der Waals surface area (Å²) < 4.78 is 0. The quantitative estimate of drug-likeness (QED) is 0.579. The fraction of sp³-hybridized carbons (Fsp3) is 0.737. The smallest absolute Gasteiger partial charge is 0.226 e. The van der Waals surface area contributed by atoms with E-state index in [4.69, 9.17) is 0 Å². The molecule has 0 aliphatic carbocycles. The van der Waals surface area contributed by atoms with E-state index >= 15 is 0 Å². The second-order valence-corrected chi connectivity index (χ2v) is 7.30. The highest BCUT2D eigenvalue weighted by molar-refractivity contribution is 5.79. The highest BCUT2D eigenvalue weighted by Crippen LogP contribution is 2.19. The maximum Gasteiger partial charge on any atom is 0.226 e. The third kappa shape index (κ3) is 8.08. The molecule has 1 atom stereocenters. The van der Waals surface area contributed by atoms with Crippen LogP contribution in [0.3, 0.4) is 0 Å². The molecule has 0 N–H and O–H groups in total. The van der Waals surface area contributed by atoms with Crippen LogP contribution in [0.4, 0.5) is 0 Å². The zero-order chi connectivity index (χ0) is 16.6. The third-order valence-electron chi connectivity index (χ3n) is 3.82. The highest BCUT2D eigenvalue weighted by Gasteiger charge is 2.28. The molecule has 2 heteroatoms. The third-order valence-corrected chi connectivity index (χ3v) is 3.82. The molecule has 0 rings (SSSR count). The van der Waals surface area contributed by atoms with Crippen molar-refractivity contribution in [2.45, 2.75) is 80.2 Å². The summed E-state index contributed by atoms with van der Waals surface area (Å²) in [5, 5.41) is 0. The number of allylic oxidation sites excluding steroid dienone is 3. The van der Waals surface area contributed by atoms with Gasteiger partial charge in [0.05, 0.1) is 0 Å². The Morgan fingerprint density at radius 1 is 1.14 bits per heavy atom. The van der Waals surface area contributed by atoms with E-state index in [-0.39, 0.29) is 17.4 Å². The topological polar surface area (TPSA) is 20.3 Å². The van der Waals surface area contributed by atoms with Gasteiger partial charge in [-0.25, -0.2) is 0 Å². The number of amides is 1. The molecule has 0 spiro atoms. The van der Waals surface area contributed by atoms with E-state index in [1.54, 1.807) is 0 Å². The Morgan fingerprint density at radius 3 is 2.14 bits per heavy atom. The van der Waals surface area contributed by atoms with Gasteiger partial charge in [0, 0.05) is 18.0 Å². The minimum atomic E-state index is -0.128. The minimum Gasteiger partial charge on any atom is -0.334 e. The monoisotopic (exact) mass is 293 g/mol. The van der Waals surface area contributed by atoms with E-state index in [9.17, 15) is 4.79 Å². The van der Waals surface area contributed by atoms with Gasteiger partial charge in [-0.05, 0) is 60.8 Å². The normalized spacial score (nSPS) is 13.8. The maximum absolute atomic E-state index is 12.5. The number of nitrogens with zero attached hydrogens (tertiary/aromatic N) is 1. The number of hydrogen-bond donors (Lipinski definition) is 0.